The first-order chi connectivity index (χ1) is 10.1. The van der Waals surface area contributed by atoms with Crippen LogP contribution in [0.5, 0.6) is 11.5 Å². The third-order valence-electron chi connectivity index (χ3n) is 4.33. The fraction of sp³-hybridized carbons (Fsp3) is 0.562. The normalized spacial score (nSPS) is 22.3. The standard InChI is InChI=1S/C16H22N2O3/c1-2-18(15(19)16(17)8-5-9-16)10-12-11-20-13-6-3-4-7-14(13)21-12/h3-4,6-7,12H,2,5,8-11,17H2,1H3. The van der Waals surface area contributed by atoms with Gasteiger partial charge in [-0.1, -0.05) is 12.1 Å². The number of likely N-dealkylation sites (N-methyl/N-ethyl adjacent to an activating group) is 1. The van der Waals surface area contributed by atoms with E-state index in [2.05, 4.69) is 0 Å². The van der Waals surface area contributed by atoms with Crippen molar-refractivity contribution in [2.45, 2.75) is 37.8 Å². The fourth-order valence-corrected chi connectivity index (χ4v) is 2.84. The zero-order valence-electron chi connectivity index (χ0n) is 12.4. The zero-order chi connectivity index (χ0) is 14.9. The number of fused-ring (bicyclic) bond motifs is 1. The molecule has 2 aliphatic rings. The van der Waals surface area contributed by atoms with Crippen LogP contribution in [0.2, 0.25) is 0 Å². The molecule has 0 aromatic heterocycles. The van der Waals surface area contributed by atoms with Crippen LogP contribution in [0.25, 0.3) is 0 Å². The van der Waals surface area contributed by atoms with E-state index in [-0.39, 0.29) is 12.0 Å². The molecule has 0 bridgehead atoms. The van der Waals surface area contributed by atoms with Gasteiger partial charge in [0.2, 0.25) is 5.91 Å². The Labute approximate surface area is 125 Å². The summed E-state index contributed by atoms with van der Waals surface area (Å²) in [4.78, 5) is 14.3. The van der Waals surface area contributed by atoms with Crippen molar-refractivity contribution in [1.82, 2.24) is 4.90 Å². The first-order valence-corrected chi connectivity index (χ1v) is 7.59. The Morgan fingerprint density at radius 2 is 2.10 bits per heavy atom. The number of nitrogens with two attached hydrogens (primary N) is 1. The predicted octanol–water partition coefficient (Wildman–Crippen LogP) is 1.56. The van der Waals surface area contributed by atoms with Crippen LogP contribution in [-0.2, 0) is 4.79 Å². The summed E-state index contributed by atoms with van der Waals surface area (Å²) in [6.07, 6.45) is 2.46. The number of carbonyl (C=O) groups excluding carboxylic acids is 1. The topological polar surface area (TPSA) is 64.8 Å². The van der Waals surface area contributed by atoms with Crippen molar-refractivity contribution in [2.75, 3.05) is 19.7 Å². The van der Waals surface area contributed by atoms with Gasteiger partial charge in [-0.2, -0.15) is 0 Å². The van der Waals surface area contributed by atoms with Crippen molar-refractivity contribution < 1.29 is 14.3 Å². The van der Waals surface area contributed by atoms with Crippen molar-refractivity contribution in [3.63, 3.8) is 0 Å². The third kappa shape index (κ3) is 2.70. The minimum absolute atomic E-state index is 0.0405. The fourth-order valence-electron chi connectivity index (χ4n) is 2.84. The quantitative estimate of drug-likeness (QED) is 0.914. The number of ether oxygens (including phenoxy) is 2. The van der Waals surface area contributed by atoms with Crippen LogP contribution in [0.1, 0.15) is 26.2 Å². The van der Waals surface area contributed by atoms with Gasteiger partial charge in [-0.05, 0) is 38.3 Å². The van der Waals surface area contributed by atoms with E-state index in [4.69, 9.17) is 15.2 Å². The van der Waals surface area contributed by atoms with Crippen LogP contribution in [0.4, 0.5) is 0 Å². The van der Waals surface area contributed by atoms with Crippen LogP contribution in [0, 0.1) is 0 Å². The summed E-state index contributed by atoms with van der Waals surface area (Å²) in [5.41, 5.74) is 5.49. The number of hydrogen-bond acceptors (Lipinski definition) is 4. The van der Waals surface area contributed by atoms with Crippen molar-refractivity contribution in [2.24, 2.45) is 5.73 Å². The summed E-state index contributed by atoms with van der Waals surface area (Å²) < 4.78 is 11.6. The Morgan fingerprint density at radius 3 is 2.71 bits per heavy atom. The van der Waals surface area contributed by atoms with Gasteiger partial charge >= 0.3 is 0 Å². The number of hydrogen-bond donors (Lipinski definition) is 1. The highest BCUT2D eigenvalue weighted by Gasteiger charge is 2.43. The highest BCUT2D eigenvalue weighted by Crippen LogP contribution is 2.33. The summed E-state index contributed by atoms with van der Waals surface area (Å²) in [7, 11) is 0. The van der Waals surface area contributed by atoms with Gasteiger partial charge in [0.25, 0.3) is 0 Å². The van der Waals surface area contributed by atoms with Crippen LogP contribution in [0.3, 0.4) is 0 Å². The van der Waals surface area contributed by atoms with Gasteiger partial charge < -0.3 is 20.1 Å². The molecule has 2 N–H and O–H groups in total. The van der Waals surface area contributed by atoms with Crippen LogP contribution in [-0.4, -0.2) is 42.1 Å². The lowest BCUT2D eigenvalue weighted by Crippen LogP contribution is -2.61. The van der Waals surface area contributed by atoms with Gasteiger partial charge in [-0.25, -0.2) is 0 Å². The lowest BCUT2D eigenvalue weighted by Gasteiger charge is -2.41. The maximum absolute atomic E-state index is 12.5. The average molecular weight is 290 g/mol. The van der Waals surface area contributed by atoms with Crippen LogP contribution >= 0.6 is 0 Å². The molecule has 5 nitrogen and oxygen atoms in total. The molecule has 3 rings (SSSR count). The summed E-state index contributed by atoms with van der Waals surface area (Å²) >= 11 is 0. The molecule has 0 radical (unpaired) electrons. The number of amides is 1. The SMILES string of the molecule is CCN(CC1COc2ccccc2O1)C(=O)C1(N)CCC1. The lowest BCUT2D eigenvalue weighted by molar-refractivity contribution is -0.141. The molecule has 5 heteroatoms. The molecule has 0 spiro atoms. The third-order valence-corrected chi connectivity index (χ3v) is 4.33. The second-order valence-corrected chi connectivity index (χ2v) is 5.85. The molecular formula is C16H22N2O3. The zero-order valence-corrected chi connectivity index (χ0v) is 12.4. The molecule has 1 heterocycles. The predicted molar refractivity (Wildman–Crippen MR) is 79.4 cm³/mol. The molecule has 1 unspecified atom stereocenters. The molecule has 0 saturated heterocycles. The Morgan fingerprint density at radius 1 is 1.38 bits per heavy atom. The second kappa shape index (κ2) is 5.56. The van der Waals surface area contributed by atoms with Gasteiger partial charge in [-0.15, -0.1) is 0 Å². The Kier molecular flexibility index (Phi) is 3.76. The summed E-state index contributed by atoms with van der Waals surface area (Å²) in [5.74, 6) is 1.54. The second-order valence-electron chi connectivity index (χ2n) is 5.85. The van der Waals surface area contributed by atoms with Crippen molar-refractivity contribution in [3.8, 4) is 11.5 Å². The summed E-state index contributed by atoms with van der Waals surface area (Å²) in [6.45, 7) is 3.58. The van der Waals surface area contributed by atoms with Crippen LogP contribution in [0.15, 0.2) is 24.3 Å². The molecule has 1 aromatic carbocycles. The largest absolute Gasteiger partial charge is 0.486 e. The first-order valence-electron chi connectivity index (χ1n) is 7.59. The number of carbonyl (C=O) groups is 1. The molecule has 1 atom stereocenters. The summed E-state index contributed by atoms with van der Waals surface area (Å²) in [5, 5.41) is 0. The van der Waals surface area contributed by atoms with E-state index >= 15 is 0 Å². The minimum atomic E-state index is -0.649. The minimum Gasteiger partial charge on any atom is -0.486 e. The lowest BCUT2D eigenvalue weighted by atomic mass is 9.76. The monoisotopic (exact) mass is 290 g/mol. The van der Waals surface area contributed by atoms with E-state index in [1.165, 1.54) is 0 Å². The molecule has 1 aromatic rings. The number of nitrogens with zero attached hydrogens (tertiary/aromatic N) is 1. The maximum atomic E-state index is 12.5. The Balaban J connectivity index is 1.64. The van der Waals surface area contributed by atoms with E-state index in [0.717, 1.165) is 30.8 Å². The average Bonchev–Trinajstić information content (AvgIpc) is 2.49. The molecule has 21 heavy (non-hydrogen) atoms. The highest BCUT2D eigenvalue weighted by molar-refractivity contribution is 5.87. The van der Waals surface area contributed by atoms with Gasteiger partial charge in [-0.3, -0.25) is 4.79 Å². The molecule has 1 saturated carbocycles. The van der Waals surface area contributed by atoms with Gasteiger partial charge in [0.05, 0.1) is 12.1 Å². The van der Waals surface area contributed by atoms with Crippen molar-refractivity contribution in [1.29, 1.82) is 0 Å². The molecule has 1 amide bonds. The molecule has 1 aliphatic carbocycles. The number of para-hydroxylation sites is 2. The van der Waals surface area contributed by atoms with Gasteiger partial charge in [0, 0.05) is 6.54 Å². The van der Waals surface area contributed by atoms with Crippen molar-refractivity contribution >= 4 is 5.91 Å². The van der Waals surface area contributed by atoms with E-state index in [9.17, 15) is 4.79 Å². The van der Waals surface area contributed by atoms with E-state index < -0.39 is 5.54 Å². The van der Waals surface area contributed by atoms with E-state index in [1.54, 1.807) is 4.90 Å². The molecular weight excluding hydrogens is 268 g/mol. The van der Waals surface area contributed by atoms with Gasteiger partial charge in [0.1, 0.15) is 6.61 Å². The van der Waals surface area contributed by atoms with E-state index in [1.807, 2.05) is 31.2 Å². The number of benzene rings is 1. The molecule has 1 fully saturated rings. The molecule has 1 aliphatic heterocycles. The number of rotatable bonds is 4. The maximum Gasteiger partial charge on any atom is 0.242 e. The van der Waals surface area contributed by atoms with E-state index in [0.29, 0.717) is 19.7 Å². The smallest absolute Gasteiger partial charge is 0.242 e. The Hall–Kier alpha value is -1.75. The van der Waals surface area contributed by atoms with Crippen LogP contribution < -0.4 is 15.2 Å². The summed E-state index contributed by atoms with van der Waals surface area (Å²) in [6, 6.07) is 7.60. The first kappa shape index (κ1) is 14.2. The highest BCUT2D eigenvalue weighted by atomic mass is 16.6. The molecule has 114 valence electrons. The van der Waals surface area contributed by atoms with Crippen molar-refractivity contribution in [3.05, 3.63) is 24.3 Å². The Bertz CT molecular complexity index is 528. The van der Waals surface area contributed by atoms with Gasteiger partial charge in [0.15, 0.2) is 17.6 Å².